The predicted molar refractivity (Wildman–Crippen MR) is 84.6 cm³/mol. The first-order valence-electron chi connectivity index (χ1n) is 6.47. The molecule has 0 spiro atoms. The Hall–Kier alpha value is -2.14. The Morgan fingerprint density at radius 1 is 1.19 bits per heavy atom. The smallest absolute Gasteiger partial charge is 0.244 e. The van der Waals surface area contributed by atoms with Gasteiger partial charge < -0.3 is 4.74 Å². The van der Waals surface area contributed by atoms with Gasteiger partial charge in [-0.25, -0.2) is 5.43 Å². The molecule has 0 fully saturated rings. The summed E-state index contributed by atoms with van der Waals surface area (Å²) in [6, 6.07) is 13.5. The molecule has 3 rings (SSSR count). The van der Waals surface area contributed by atoms with Gasteiger partial charge in [-0.2, -0.15) is 5.10 Å². The zero-order valence-electron chi connectivity index (χ0n) is 11.4. The lowest BCUT2D eigenvalue weighted by molar-refractivity contribution is -0.120. The molecule has 0 bridgehead atoms. The third-order valence-electron chi connectivity index (χ3n) is 3.33. The molecule has 1 aliphatic heterocycles. The van der Waals surface area contributed by atoms with E-state index in [9.17, 15) is 4.79 Å². The monoisotopic (exact) mass is 344 g/mol. The minimum absolute atomic E-state index is 0.117. The van der Waals surface area contributed by atoms with Crippen molar-refractivity contribution < 1.29 is 9.53 Å². The number of hydrogen-bond donors (Lipinski definition) is 1. The SMILES string of the molecule is COc1ccc2c(c1)C(c1ccc(Br)cc1)=NNC(=O)C2. The molecule has 0 radical (unpaired) electrons. The van der Waals surface area contributed by atoms with Crippen molar-refractivity contribution in [1.82, 2.24) is 5.43 Å². The molecular weight excluding hydrogens is 332 g/mol. The Morgan fingerprint density at radius 3 is 2.67 bits per heavy atom. The van der Waals surface area contributed by atoms with Crippen LogP contribution in [-0.2, 0) is 11.2 Å². The third kappa shape index (κ3) is 2.83. The average Bonchev–Trinajstić information content (AvgIpc) is 2.66. The fourth-order valence-corrected chi connectivity index (χ4v) is 2.54. The summed E-state index contributed by atoms with van der Waals surface area (Å²) in [5.41, 5.74) is 6.12. The van der Waals surface area contributed by atoms with E-state index in [0.717, 1.165) is 32.6 Å². The summed E-state index contributed by atoms with van der Waals surface area (Å²) in [6.45, 7) is 0. The Bertz CT molecular complexity index is 724. The largest absolute Gasteiger partial charge is 0.497 e. The Kier molecular flexibility index (Phi) is 3.75. The molecule has 1 aliphatic rings. The number of carbonyl (C=O) groups excluding carboxylic acids is 1. The summed E-state index contributed by atoms with van der Waals surface area (Å²) in [5, 5.41) is 4.27. The van der Waals surface area contributed by atoms with E-state index in [1.165, 1.54) is 0 Å². The zero-order chi connectivity index (χ0) is 14.8. The van der Waals surface area contributed by atoms with Crippen LogP contribution in [0.4, 0.5) is 0 Å². The highest BCUT2D eigenvalue weighted by atomic mass is 79.9. The number of halogens is 1. The highest BCUT2D eigenvalue weighted by molar-refractivity contribution is 9.10. The van der Waals surface area contributed by atoms with E-state index in [2.05, 4.69) is 26.5 Å². The molecule has 106 valence electrons. The summed E-state index contributed by atoms with van der Waals surface area (Å²) < 4.78 is 6.28. The second-order valence-electron chi connectivity index (χ2n) is 4.70. The van der Waals surface area contributed by atoms with Crippen molar-refractivity contribution in [1.29, 1.82) is 0 Å². The fraction of sp³-hybridized carbons (Fsp3) is 0.125. The second-order valence-corrected chi connectivity index (χ2v) is 5.62. The van der Waals surface area contributed by atoms with E-state index in [4.69, 9.17) is 4.74 Å². The number of fused-ring (bicyclic) bond motifs is 1. The summed E-state index contributed by atoms with van der Waals surface area (Å²) in [6.07, 6.45) is 0.308. The van der Waals surface area contributed by atoms with Crippen LogP contribution in [0.5, 0.6) is 5.75 Å². The quantitative estimate of drug-likeness (QED) is 0.910. The maximum atomic E-state index is 11.8. The van der Waals surface area contributed by atoms with Gasteiger partial charge in [0.05, 0.1) is 19.2 Å². The number of rotatable bonds is 2. The highest BCUT2D eigenvalue weighted by Gasteiger charge is 2.19. The van der Waals surface area contributed by atoms with Crippen LogP contribution in [0.15, 0.2) is 52.0 Å². The molecule has 0 atom stereocenters. The molecule has 4 nitrogen and oxygen atoms in total. The number of carbonyl (C=O) groups is 1. The minimum Gasteiger partial charge on any atom is -0.497 e. The van der Waals surface area contributed by atoms with Crippen molar-refractivity contribution in [2.24, 2.45) is 5.10 Å². The van der Waals surface area contributed by atoms with Crippen LogP contribution in [0.3, 0.4) is 0 Å². The number of nitrogens with one attached hydrogen (secondary N) is 1. The van der Waals surface area contributed by atoms with Crippen molar-refractivity contribution in [3.8, 4) is 5.75 Å². The van der Waals surface area contributed by atoms with Crippen LogP contribution < -0.4 is 10.2 Å². The van der Waals surface area contributed by atoms with E-state index in [1.54, 1.807) is 7.11 Å². The van der Waals surface area contributed by atoms with Gasteiger partial charge in [0, 0.05) is 15.6 Å². The van der Waals surface area contributed by atoms with Crippen LogP contribution >= 0.6 is 15.9 Å². The average molecular weight is 345 g/mol. The number of methoxy groups -OCH3 is 1. The summed E-state index contributed by atoms with van der Waals surface area (Å²) in [4.78, 5) is 11.8. The van der Waals surface area contributed by atoms with E-state index in [1.807, 2.05) is 42.5 Å². The molecular formula is C16H13BrN2O2. The van der Waals surface area contributed by atoms with Crippen molar-refractivity contribution in [3.63, 3.8) is 0 Å². The molecule has 1 amide bonds. The first-order chi connectivity index (χ1) is 10.2. The first-order valence-corrected chi connectivity index (χ1v) is 7.26. The van der Waals surface area contributed by atoms with Gasteiger partial charge in [-0.15, -0.1) is 0 Å². The fourth-order valence-electron chi connectivity index (χ4n) is 2.28. The van der Waals surface area contributed by atoms with Crippen LogP contribution in [0.1, 0.15) is 16.7 Å². The first kappa shape index (κ1) is 13.8. The number of ether oxygens (including phenoxy) is 1. The Balaban J connectivity index is 2.16. The van der Waals surface area contributed by atoms with Crippen LogP contribution in [0.25, 0.3) is 0 Å². The highest BCUT2D eigenvalue weighted by Crippen LogP contribution is 2.24. The lowest BCUT2D eigenvalue weighted by Gasteiger charge is -2.10. The van der Waals surface area contributed by atoms with Gasteiger partial charge >= 0.3 is 0 Å². The molecule has 0 saturated heterocycles. The van der Waals surface area contributed by atoms with Gasteiger partial charge in [0.25, 0.3) is 0 Å². The van der Waals surface area contributed by atoms with Gasteiger partial charge in [0.1, 0.15) is 5.75 Å². The molecule has 2 aromatic carbocycles. The maximum Gasteiger partial charge on any atom is 0.244 e. The van der Waals surface area contributed by atoms with E-state index in [-0.39, 0.29) is 5.91 Å². The van der Waals surface area contributed by atoms with Crippen molar-refractivity contribution in [2.75, 3.05) is 7.11 Å². The van der Waals surface area contributed by atoms with Gasteiger partial charge in [-0.3, -0.25) is 4.79 Å². The molecule has 5 heteroatoms. The van der Waals surface area contributed by atoms with Gasteiger partial charge in [0.2, 0.25) is 5.91 Å². The number of nitrogens with zero attached hydrogens (tertiary/aromatic N) is 1. The summed E-state index contributed by atoms with van der Waals surface area (Å²) >= 11 is 3.42. The van der Waals surface area contributed by atoms with E-state index < -0.39 is 0 Å². The van der Waals surface area contributed by atoms with Gasteiger partial charge in [-0.05, 0) is 29.8 Å². The Morgan fingerprint density at radius 2 is 1.95 bits per heavy atom. The molecule has 0 aromatic heterocycles. The number of hydrazone groups is 1. The number of benzene rings is 2. The number of amides is 1. The molecule has 21 heavy (non-hydrogen) atoms. The maximum absolute atomic E-state index is 11.8. The third-order valence-corrected chi connectivity index (χ3v) is 3.86. The molecule has 1 heterocycles. The van der Waals surface area contributed by atoms with E-state index >= 15 is 0 Å². The summed E-state index contributed by atoms with van der Waals surface area (Å²) in [5.74, 6) is 0.626. The van der Waals surface area contributed by atoms with Crippen LogP contribution in [0.2, 0.25) is 0 Å². The Labute approximate surface area is 131 Å². The van der Waals surface area contributed by atoms with E-state index in [0.29, 0.717) is 6.42 Å². The van der Waals surface area contributed by atoms with Crippen LogP contribution in [-0.4, -0.2) is 18.7 Å². The lowest BCUT2D eigenvalue weighted by Crippen LogP contribution is -2.18. The van der Waals surface area contributed by atoms with Crippen molar-refractivity contribution in [2.45, 2.75) is 6.42 Å². The van der Waals surface area contributed by atoms with Crippen LogP contribution in [0, 0.1) is 0 Å². The minimum atomic E-state index is -0.117. The number of hydrogen-bond acceptors (Lipinski definition) is 3. The summed E-state index contributed by atoms with van der Waals surface area (Å²) in [7, 11) is 1.62. The molecule has 0 aliphatic carbocycles. The topological polar surface area (TPSA) is 50.7 Å². The molecule has 2 aromatic rings. The van der Waals surface area contributed by atoms with Gasteiger partial charge in [-0.1, -0.05) is 34.1 Å². The molecule has 0 unspecified atom stereocenters. The van der Waals surface area contributed by atoms with Gasteiger partial charge in [0.15, 0.2) is 0 Å². The van der Waals surface area contributed by atoms with Crippen molar-refractivity contribution >= 4 is 27.5 Å². The second kappa shape index (κ2) is 5.69. The predicted octanol–water partition coefficient (Wildman–Crippen LogP) is 2.88. The standard InChI is InChI=1S/C16H13BrN2O2/c1-21-13-7-4-11-8-15(20)18-19-16(14(11)9-13)10-2-5-12(17)6-3-10/h2-7,9H,8H2,1H3,(H,18,20). The normalized spacial score (nSPS) is 13.8. The zero-order valence-corrected chi connectivity index (χ0v) is 13.0. The molecule has 0 saturated carbocycles. The lowest BCUT2D eigenvalue weighted by atomic mass is 9.96. The molecule has 1 N–H and O–H groups in total. The van der Waals surface area contributed by atoms with Crippen molar-refractivity contribution in [3.05, 3.63) is 63.6 Å².